The van der Waals surface area contributed by atoms with E-state index in [2.05, 4.69) is 5.32 Å². The number of hydrogen-bond acceptors (Lipinski definition) is 6. The fourth-order valence-corrected chi connectivity index (χ4v) is 2.39. The molecule has 7 heteroatoms. The highest BCUT2D eigenvalue weighted by atomic mass is 16.5. The van der Waals surface area contributed by atoms with Crippen LogP contribution in [0.1, 0.15) is 25.5 Å². The lowest BCUT2D eigenvalue weighted by Gasteiger charge is -2.24. The molecule has 0 saturated heterocycles. The Labute approximate surface area is 157 Å². The van der Waals surface area contributed by atoms with Crippen LogP contribution in [0.5, 0.6) is 11.5 Å². The summed E-state index contributed by atoms with van der Waals surface area (Å²) in [5, 5.41) is 22.3. The molecule has 0 heterocycles. The van der Waals surface area contributed by atoms with Crippen molar-refractivity contribution in [1.82, 2.24) is 5.32 Å². The van der Waals surface area contributed by atoms with Gasteiger partial charge in [-0.3, -0.25) is 4.79 Å². The van der Waals surface area contributed by atoms with Gasteiger partial charge in [-0.15, -0.1) is 0 Å². The van der Waals surface area contributed by atoms with Crippen LogP contribution in [0.3, 0.4) is 0 Å². The SMILES string of the molecule is CCOC(=O)C(NC(=O)C(C)Oc1ccc(O)cc1)C(O)c1ccccc1. The summed E-state index contributed by atoms with van der Waals surface area (Å²) in [5.41, 5.74) is 0.475. The minimum absolute atomic E-state index is 0.0767. The van der Waals surface area contributed by atoms with Crippen LogP contribution in [0.2, 0.25) is 0 Å². The van der Waals surface area contributed by atoms with Gasteiger partial charge in [0.25, 0.3) is 5.91 Å². The predicted octanol–water partition coefficient (Wildman–Crippen LogP) is 1.94. The standard InChI is InChI=1S/C20H23NO6/c1-3-26-20(25)17(18(23)14-7-5-4-6-8-14)21-19(24)13(2)27-16-11-9-15(22)10-12-16/h4-13,17-18,22-23H,3H2,1-2H3,(H,21,24). The molecule has 0 saturated carbocycles. The molecule has 2 aromatic rings. The molecule has 0 aliphatic rings. The van der Waals surface area contributed by atoms with Gasteiger partial charge in [-0.1, -0.05) is 30.3 Å². The molecule has 2 rings (SSSR count). The minimum atomic E-state index is -1.27. The summed E-state index contributed by atoms with van der Waals surface area (Å²) >= 11 is 0. The summed E-state index contributed by atoms with van der Waals surface area (Å²) in [6.07, 6.45) is -2.20. The molecule has 0 radical (unpaired) electrons. The smallest absolute Gasteiger partial charge is 0.331 e. The lowest BCUT2D eigenvalue weighted by Crippen LogP contribution is -2.49. The number of ether oxygens (including phenoxy) is 2. The first-order chi connectivity index (χ1) is 12.9. The average Bonchev–Trinajstić information content (AvgIpc) is 2.68. The van der Waals surface area contributed by atoms with Gasteiger partial charge in [0.2, 0.25) is 0 Å². The van der Waals surface area contributed by atoms with Gasteiger partial charge in [0, 0.05) is 0 Å². The largest absolute Gasteiger partial charge is 0.508 e. The van der Waals surface area contributed by atoms with Crippen LogP contribution >= 0.6 is 0 Å². The maximum Gasteiger partial charge on any atom is 0.331 e. The second kappa shape index (κ2) is 9.59. The summed E-state index contributed by atoms with van der Waals surface area (Å²) in [4.78, 5) is 24.7. The molecule has 0 aliphatic heterocycles. The molecule has 0 fully saturated rings. The Morgan fingerprint density at radius 2 is 1.70 bits per heavy atom. The Bertz CT molecular complexity index is 747. The molecule has 144 valence electrons. The van der Waals surface area contributed by atoms with Gasteiger partial charge in [0.05, 0.1) is 6.61 Å². The van der Waals surface area contributed by atoms with Gasteiger partial charge in [0.1, 0.15) is 17.6 Å². The molecule has 7 nitrogen and oxygen atoms in total. The fourth-order valence-electron chi connectivity index (χ4n) is 2.39. The van der Waals surface area contributed by atoms with E-state index in [1.54, 1.807) is 37.3 Å². The number of phenolic OH excluding ortho intramolecular Hbond substituents is 1. The number of hydrogen-bond donors (Lipinski definition) is 3. The monoisotopic (exact) mass is 373 g/mol. The summed E-state index contributed by atoms with van der Waals surface area (Å²) < 4.78 is 10.5. The number of aliphatic hydroxyl groups excluding tert-OH is 1. The van der Waals surface area contributed by atoms with E-state index in [4.69, 9.17) is 9.47 Å². The number of esters is 1. The zero-order chi connectivity index (χ0) is 19.8. The highest BCUT2D eigenvalue weighted by Crippen LogP contribution is 2.19. The molecule has 0 spiro atoms. The van der Waals surface area contributed by atoms with Crippen molar-refractivity contribution in [1.29, 1.82) is 0 Å². The number of amides is 1. The number of nitrogens with one attached hydrogen (secondary N) is 1. The zero-order valence-electron chi connectivity index (χ0n) is 15.2. The first-order valence-electron chi connectivity index (χ1n) is 8.58. The first kappa shape index (κ1) is 20.3. The van der Waals surface area contributed by atoms with E-state index in [9.17, 15) is 19.8 Å². The van der Waals surface area contributed by atoms with Crippen molar-refractivity contribution >= 4 is 11.9 Å². The normalized spacial score (nSPS) is 13.9. The van der Waals surface area contributed by atoms with Crippen molar-refractivity contribution in [3.8, 4) is 11.5 Å². The second-order valence-corrected chi connectivity index (χ2v) is 5.85. The number of aliphatic hydroxyl groups is 1. The molecule has 0 aliphatic carbocycles. The molecular weight excluding hydrogens is 350 g/mol. The Morgan fingerprint density at radius 3 is 2.30 bits per heavy atom. The predicted molar refractivity (Wildman–Crippen MR) is 98.2 cm³/mol. The van der Waals surface area contributed by atoms with E-state index < -0.39 is 30.1 Å². The third-order valence-corrected chi connectivity index (χ3v) is 3.81. The van der Waals surface area contributed by atoms with Crippen molar-refractivity contribution in [2.75, 3.05) is 6.61 Å². The number of phenols is 1. The van der Waals surface area contributed by atoms with Crippen molar-refractivity contribution in [2.24, 2.45) is 0 Å². The lowest BCUT2D eigenvalue weighted by molar-refractivity contribution is -0.151. The molecule has 0 aromatic heterocycles. The van der Waals surface area contributed by atoms with Crippen LogP contribution in [0.15, 0.2) is 54.6 Å². The highest BCUT2D eigenvalue weighted by molar-refractivity contribution is 5.87. The summed E-state index contributed by atoms with van der Waals surface area (Å²) in [5.74, 6) is -0.866. The van der Waals surface area contributed by atoms with Crippen LogP contribution in [-0.2, 0) is 14.3 Å². The Kier molecular flexibility index (Phi) is 7.19. The molecule has 27 heavy (non-hydrogen) atoms. The van der Waals surface area contributed by atoms with Gasteiger partial charge in [-0.25, -0.2) is 4.79 Å². The van der Waals surface area contributed by atoms with Crippen molar-refractivity contribution in [3.05, 3.63) is 60.2 Å². The van der Waals surface area contributed by atoms with Crippen molar-refractivity contribution in [2.45, 2.75) is 32.1 Å². The second-order valence-electron chi connectivity index (χ2n) is 5.85. The molecule has 2 aromatic carbocycles. The molecule has 3 unspecified atom stereocenters. The highest BCUT2D eigenvalue weighted by Gasteiger charge is 2.32. The lowest BCUT2D eigenvalue weighted by atomic mass is 10.0. The summed E-state index contributed by atoms with van der Waals surface area (Å²) in [6, 6.07) is 13.1. The van der Waals surface area contributed by atoms with Crippen molar-refractivity contribution in [3.63, 3.8) is 0 Å². The van der Waals surface area contributed by atoms with Crippen molar-refractivity contribution < 1.29 is 29.3 Å². The van der Waals surface area contributed by atoms with Gasteiger partial charge in [-0.2, -0.15) is 0 Å². The fraction of sp³-hybridized carbons (Fsp3) is 0.300. The number of carbonyl (C=O) groups excluding carboxylic acids is 2. The van der Waals surface area contributed by atoms with E-state index >= 15 is 0 Å². The molecule has 3 N–H and O–H groups in total. The van der Waals surface area contributed by atoms with E-state index in [-0.39, 0.29) is 12.4 Å². The Balaban J connectivity index is 2.09. The number of benzene rings is 2. The Morgan fingerprint density at radius 1 is 1.07 bits per heavy atom. The number of rotatable bonds is 8. The molecule has 3 atom stereocenters. The number of carbonyl (C=O) groups is 2. The van der Waals surface area contributed by atoms with Crippen LogP contribution in [-0.4, -0.2) is 40.8 Å². The third-order valence-electron chi connectivity index (χ3n) is 3.81. The van der Waals surface area contributed by atoms with Crippen LogP contribution in [0.4, 0.5) is 0 Å². The molecular formula is C20H23NO6. The molecule has 1 amide bonds. The maximum absolute atomic E-state index is 12.5. The van der Waals surface area contributed by atoms with E-state index in [1.807, 2.05) is 0 Å². The van der Waals surface area contributed by atoms with Gasteiger partial charge in [0.15, 0.2) is 12.1 Å². The summed E-state index contributed by atoms with van der Waals surface area (Å²) in [7, 11) is 0. The first-order valence-corrected chi connectivity index (χ1v) is 8.58. The third kappa shape index (κ3) is 5.72. The van der Waals surface area contributed by atoms with Gasteiger partial charge < -0.3 is 25.0 Å². The quantitative estimate of drug-likeness (QED) is 0.611. The van der Waals surface area contributed by atoms with Crippen LogP contribution in [0.25, 0.3) is 0 Å². The average molecular weight is 373 g/mol. The van der Waals surface area contributed by atoms with Gasteiger partial charge in [-0.05, 0) is 43.7 Å². The van der Waals surface area contributed by atoms with Crippen LogP contribution < -0.4 is 10.1 Å². The van der Waals surface area contributed by atoms with E-state index in [0.717, 1.165) is 0 Å². The number of aromatic hydroxyl groups is 1. The summed E-state index contributed by atoms with van der Waals surface area (Å²) in [6.45, 7) is 3.27. The zero-order valence-corrected chi connectivity index (χ0v) is 15.2. The van der Waals surface area contributed by atoms with E-state index in [1.165, 1.54) is 31.2 Å². The molecule has 0 bridgehead atoms. The Hall–Kier alpha value is -3.06. The van der Waals surface area contributed by atoms with Gasteiger partial charge >= 0.3 is 5.97 Å². The maximum atomic E-state index is 12.5. The van der Waals surface area contributed by atoms with Crippen LogP contribution in [0, 0.1) is 0 Å². The minimum Gasteiger partial charge on any atom is -0.508 e. The topological polar surface area (TPSA) is 105 Å². The van der Waals surface area contributed by atoms with E-state index in [0.29, 0.717) is 11.3 Å².